The van der Waals surface area contributed by atoms with Gasteiger partial charge >= 0.3 is 6.18 Å². The van der Waals surface area contributed by atoms with Crippen molar-refractivity contribution in [3.63, 3.8) is 0 Å². The van der Waals surface area contributed by atoms with Crippen LogP contribution in [0.5, 0.6) is 11.5 Å². The number of ether oxygens (including phenoxy) is 1. The highest BCUT2D eigenvalue weighted by Gasteiger charge is 2.30. The number of piperidine rings is 1. The predicted octanol–water partition coefficient (Wildman–Crippen LogP) is 5.52. The number of terminal acetylenes is 1. The molecule has 2 heterocycles. The lowest BCUT2D eigenvalue weighted by molar-refractivity contribution is -0.137. The van der Waals surface area contributed by atoms with Gasteiger partial charge in [-0.1, -0.05) is 0 Å². The molecule has 1 aromatic heterocycles. The average Bonchev–Trinajstić information content (AvgIpc) is 3.36. The van der Waals surface area contributed by atoms with Crippen LogP contribution in [-0.4, -0.2) is 39.6 Å². The molecule has 2 aromatic carbocycles. The van der Waals surface area contributed by atoms with E-state index in [1.807, 2.05) is 4.68 Å². The van der Waals surface area contributed by atoms with Crippen molar-refractivity contribution in [2.45, 2.75) is 37.9 Å². The molecule has 37 heavy (non-hydrogen) atoms. The number of nitrogens with zero attached hydrogens (tertiary/aromatic N) is 3. The Balaban J connectivity index is 1.28. The van der Waals surface area contributed by atoms with Crippen molar-refractivity contribution in [1.29, 1.82) is 0 Å². The van der Waals surface area contributed by atoms with Crippen LogP contribution in [0.15, 0.2) is 60.9 Å². The molecule has 0 spiro atoms. The number of carbonyl (C=O) groups excluding carboxylic acids is 2. The van der Waals surface area contributed by atoms with Gasteiger partial charge in [0.1, 0.15) is 11.5 Å². The number of benzene rings is 2. The van der Waals surface area contributed by atoms with Gasteiger partial charge in [-0.3, -0.25) is 14.3 Å². The highest BCUT2D eigenvalue weighted by molar-refractivity contribution is 5.94. The lowest BCUT2D eigenvalue weighted by atomic mass is 10.0. The highest BCUT2D eigenvalue weighted by atomic mass is 19.4. The van der Waals surface area contributed by atoms with Crippen LogP contribution in [0.1, 0.15) is 47.6 Å². The van der Waals surface area contributed by atoms with Crippen molar-refractivity contribution in [1.82, 2.24) is 14.7 Å². The largest absolute Gasteiger partial charge is 0.457 e. The maximum absolute atomic E-state index is 13.0. The van der Waals surface area contributed by atoms with Gasteiger partial charge in [-0.05, 0) is 61.4 Å². The minimum atomic E-state index is -4.41. The molecule has 10 heteroatoms. The van der Waals surface area contributed by atoms with Gasteiger partial charge in [0, 0.05) is 37.7 Å². The van der Waals surface area contributed by atoms with Crippen LogP contribution in [0.25, 0.3) is 0 Å². The number of hydrogen-bond acceptors (Lipinski definition) is 4. The summed E-state index contributed by atoms with van der Waals surface area (Å²) in [5, 5.41) is 7.13. The van der Waals surface area contributed by atoms with E-state index in [0.29, 0.717) is 49.4 Å². The average molecular weight is 511 g/mol. The van der Waals surface area contributed by atoms with E-state index in [9.17, 15) is 22.8 Å². The third kappa shape index (κ3) is 6.70. The molecule has 3 aromatic rings. The molecule has 2 amide bonds. The Morgan fingerprint density at radius 1 is 1.05 bits per heavy atom. The Hall–Kier alpha value is -4.26. The number of rotatable bonds is 7. The third-order valence-electron chi connectivity index (χ3n) is 6.03. The Morgan fingerprint density at radius 2 is 1.68 bits per heavy atom. The normalized spacial score (nSPS) is 14.2. The number of anilines is 1. The van der Waals surface area contributed by atoms with Crippen LogP contribution in [0.2, 0.25) is 0 Å². The molecule has 1 aliphatic rings. The maximum Gasteiger partial charge on any atom is 0.416 e. The quantitative estimate of drug-likeness (QED) is 0.425. The molecule has 0 radical (unpaired) electrons. The zero-order valence-electron chi connectivity index (χ0n) is 19.9. The standard InChI is InChI=1S/C27H25F3N4O3/c1-2-3-4-25(35)32-21-17-31-34(18-21)22-13-15-33(16-14-22)26(36)19-5-9-23(10-6-19)37-24-11-7-20(8-12-24)27(28,29)30/h1,5-12,17-18,22H,3-4,13-16H2,(H,32,35). The van der Waals surface area contributed by atoms with Crippen LogP contribution >= 0.6 is 0 Å². The monoisotopic (exact) mass is 510 g/mol. The van der Waals surface area contributed by atoms with Gasteiger partial charge in [0.05, 0.1) is 23.5 Å². The van der Waals surface area contributed by atoms with Gasteiger partial charge in [-0.15, -0.1) is 12.3 Å². The van der Waals surface area contributed by atoms with Gasteiger partial charge < -0.3 is 15.0 Å². The van der Waals surface area contributed by atoms with E-state index >= 15 is 0 Å². The van der Waals surface area contributed by atoms with Crippen LogP contribution in [0.4, 0.5) is 18.9 Å². The second-order valence-electron chi connectivity index (χ2n) is 8.63. The van der Waals surface area contributed by atoms with E-state index < -0.39 is 11.7 Å². The van der Waals surface area contributed by atoms with E-state index in [1.165, 1.54) is 12.1 Å². The summed E-state index contributed by atoms with van der Waals surface area (Å²) >= 11 is 0. The lowest BCUT2D eigenvalue weighted by Crippen LogP contribution is -2.39. The summed E-state index contributed by atoms with van der Waals surface area (Å²) < 4.78 is 45.5. The molecule has 0 atom stereocenters. The molecule has 0 saturated carbocycles. The Labute approximate surface area is 212 Å². The topological polar surface area (TPSA) is 76.5 Å². The van der Waals surface area contributed by atoms with Crippen LogP contribution < -0.4 is 10.1 Å². The van der Waals surface area contributed by atoms with Gasteiger partial charge in [0.2, 0.25) is 5.91 Å². The van der Waals surface area contributed by atoms with E-state index in [0.717, 1.165) is 12.1 Å². The first-order valence-electron chi connectivity index (χ1n) is 11.7. The maximum atomic E-state index is 13.0. The molecule has 0 aliphatic carbocycles. The summed E-state index contributed by atoms with van der Waals surface area (Å²) in [6.07, 6.45) is 6.22. The number of likely N-dealkylation sites (tertiary alicyclic amines) is 1. The SMILES string of the molecule is C#CCCC(=O)Nc1cnn(C2CCN(C(=O)c3ccc(Oc4ccc(C(F)(F)F)cc4)cc3)CC2)c1. The zero-order chi connectivity index (χ0) is 26.4. The fourth-order valence-electron chi connectivity index (χ4n) is 4.04. The number of hydrogen-bond donors (Lipinski definition) is 1. The van der Waals surface area contributed by atoms with Crippen LogP contribution in [0.3, 0.4) is 0 Å². The van der Waals surface area contributed by atoms with Crippen molar-refractivity contribution in [2.75, 3.05) is 18.4 Å². The number of aromatic nitrogens is 2. The Bertz CT molecular complexity index is 1270. The van der Waals surface area contributed by atoms with E-state index in [4.69, 9.17) is 11.2 Å². The van der Waals surface area contributed by atoms with Crippen molar-refractivity contribution >= 4 is 17.5 Å². The molecule has 1 saturated heterocycles. The fourth-order valence-corrected chi connectivity index (χ4v) is 4.04. The van der Waals surface area contributed by atoms with Crippen LogP contribution in [0, 0.1) is 12.3 Å². The summed E-state index contributed by atoms with van der Waals surface area (Å²) in [4.78, 5) is 26.6. The first-order chi connectivity index (χ1) is 17.7. The number of carbonyl (C=O) groups is 2. The lowest BCUT2D eigenvalue weighted by Gasteiger charge is -2.32. The summed E-state index contributed by atoms with van der Waals surface area (Å²) in [5.74, 6) is 2.84. The van der Waals surface area contributed by atoms with Gasteiger partial charge in [-0.25, -0.2) is 0 Å². The molecular weight excluding hydrogens is 485 g/mol. The van der Waals surface area contributed by atoms with Gasteiger partial charge in [-0.2, -0.15) is 18.3 Å². The zero-order valence-corrected chi connectivity index (χ0v) is 19.9. The molecule has 1 fully saturated rings. The number of alkyl halides is 3. The van der Waals surface area contributed by atoms with Gasteiger partial charge in [0.15, 0.2) is 0 Å². The van der Waals surface area contributed by atoms with Crippen molar-refractivity contribution in [3.8, 4) is 23.8 Å². The van der Waals surface area contributed by atoms with E-state index in [-0.39, 0.29) is 30.0 Å². The smallest absolute Gasteiger partial charge is 0.416 e. The highest BCUT2D eigenvalue weighted by Crippen LogP contribution is 2.31. The number of nitrogens with one attached hydrogen (secondary N) is 1. The molecular formula is C27H25F3N4O3. The predicted molar refractivity (Wildman–Crippen MR) is 131 cm³/mol. The second-order valence-corrected chi connectivity index (χ2v) is 8.63. The van der Waals surface area contributed by atoms with E-state index in [2.05, 4.69) is 16.3 Å². The van der Waals surface area contributed by atoms with Crippen molar-refractivity contribution in [3.05, 3.63) is 72.1 Å². The fraction of sp³-hybridized carbons (Fsp3) is 0.296. The second kappa shape index (κ2) is 11.2. The van der Waals surface area contributed by atoms with Crippen molar-refractivity contribution in [2.24, 2.45) is 0 Å². The van der Waals surface area contributed by atoms with E-state index in [1.54, 1.807) is 41.6 Å². The first-order valence-corrected chi connectivity index (χ1v) is 11.7. The summed E-state index contributed by atoms with van der Waals surface area (Å²) in [5.41, 5.74) is 0.355. The Kier molecular flexibility index (Phi) is 7.82. The molecule has 0 unspecified atom stereocenters. The van der Waals surface area contributed by atoms with Gasteiger partial charge in [0.25, 0.3) is 5.91 Å². The third-order valence-corrected chi connectivity index (χ3v) is 6.03. The Morgan fingerprint density at radius 3 is 2.27 bits per heavy atom. The molecule has 7 nitrogen and oxygen atoms in total. The molecule has 4 rings (SSSR count). The minimum Gasteiger partial charge on any atom is -0.457 e. The minimum absolute atomic E-state index is 0.110. The molecule has 1 N–H and O–H groups in total. The first kappa shape index (κ1) is 25.8. The van der Waals surface area contributed by atoms with Crippen molar-refractivity contribution < 1.29 is 27.5 Å². The summed E-state index contributed by atoms with van der Waals surface area (Å²) in [6, 6.07) is 11.0. The molecule has 0 bridgehead atoms. The number of halogens is 3. The van der Waals surface area contributed by atoms with Crippen LogP contribution in [-0.2, 0) is 11.0 Å². The molecule has 192 valence electrons. The summed E-state index contributed by atoms with van der Waals surface area (Å²) in [7, 11) is 0. The molecule has 1 aliphatic heterocycles. The number of amides is 2. The summed E-state index contributed by atoms with van der Waals surface area (Å²) in [6.45, 7) is 1.11.